The zero-order valence-electron chi connectivity index (χ0n) is 14.5. The third-order valence-electron chi connectivity index (χ3n) is 4.16. The van der Waals surface area contributed by atoms with Gasteiger partial charge in [-0.15, -0.1) is 0 Å². The second-order valence-corrected chi connectivity index (χ2v) is 6.71. The van der Waals surface area contributed by atoms with E-state index in [1.165, 1.54) is 4.57 Å². The fourth-order valence-corrected chi connectivity index (χ4v) is 2.96. The van der Waals surface area contributed by atoms with E-state index in [0.717, 1.165) is 5.56 Å². The van der Waals surface area contributed by atoms with Gasteiger partial charge in [0.1, 0.15) is 0 Å². The molecule has 0 saturated heterocycles. The monoisotopic (exact) mass is 370 g/mol. The van der Waals surface area contributed by atoms with Gasteiger partial charge in [0, 0.05) is 33.2 Å². The molecule has 6 heteroatoms. The quantitative estimate of drug-likeness (QED) is 0.737. The Bertz CT molecular complexity index is 1040. The topological polar surface area (TPSA) is 71.3 Å². The van der Waals surface area contributed by atoms with E-state index in [9.17, 15) is 14.7 Å². The first kappa shape index (κ1) is 18.2. The molecule has 1 unspecified atom stereocenters. The molecule has 134 valence electrons. The number of hydrogen-bond acceptors (Lipinski definition) is 3. The second-order valence-electron chi connectivity index (χ2n) is 6.31. The molecular weight excluding hydrogens is 352 g/mol. The van der Waals surface area contributed by atoms with Crippen molar-refractivity contribution in [3.05, 3.63) is 75.2 Å². The maximum Gasteiger partial charge on any atom is 0.258 e. The first-order chi connectivity index (χ1) is 12.4. The molecule has 0 saturated carbocycles. The molecule has 5 nitrogen and oxygen atoms in total. The molecule has 2 aromatic carbocycles. The minimum Gasteiger partial charge on any atom is -0.392 e. The molecule has 2 N–H and O–H groups in total. The number of pyridine rings is 1. The predicted molar refractivity (Wildman–Crippen MR) is 104 cm³/mol. The molecule has 1 amide bonds. The van der Waals surface area contributed by atoms with Crippen molar-refractivity contribution in [3.8, 4) is 0 Å². The highest BCUT2D eigenvalue weighted by Crippen LogP contribution is 2.23. The van der Waals surface area contributed by atoms with Crippen molar-refractivity contribution in [1.82, 2.24) is 4.57 Å². The Kier molecular flexibility index (Phi) is 5.11. The number of carbonyl (C=O) groups excluding carboxylic acids is 1. The van der Waals surface area contributed by atoms with Crippen molar-refractivity contribution in [2.24, 2.45) is 0 Å². The maximum absolute atomic E-state index is 12.6. The lowest BCUT2D eigenvalue weighted by Gasteiger charge is -2.12. The number of carbonyl (C=O) groups is 1. The lowest BCUT2D eigenvalue weighted by molar-refractivity contribution is 0.102. The largest absolute Gasteiger partial charge is 0.392 e. The van der Waals surface area contributed by atoms with Gasteiger partial charge in [-0.1, -0.05) is 23.7 Å². The van der Waals surface area contributed by atoms with Gasteiger partial charge in [0.05, 0.1) is 12.6 Å². The fourth-order valence-electron chi connectivity index (χ4n) is 2.78. The SMILES string of the molecule is Cc1ccc(C(=O)Nc2cccc3c(=O)n(CC(C)O)ccc23)cc1Cl. The third kappa shape index (κ3) is 3.64. The van der Waals surface area contributed by atoms with Crippen molar-refractivity contribution >= 4 is 34.0 Å². The van der Waals surface area contributed by atoms with Crippen LogP contribution in [0.2, 0.25) is 5.02 Å². The number of aryl methyl sites for hydroxylation is 1. The number of nitrogens with zero attached hydrogens (tertiary/aromatic N) is 1. The summed E-state index contributed by atoms with van der Waals surface area (Å²) in [5, 5.41) is 14.0. The first-order valence-corrected chi connectivity index (χ1v) is 8.62. The summed E-state index contributed by atoms with van der Waals surface area (Å²) in [5.41, 5.74) is 1.68. The zero-order valence-corrected chi connectivity index (χ0v) is 15.2. The summed E-state index contributed by atoms with van der Waals surface area (Å²) in [7, 11) is 0. The van der Waals surface area contributed by atoms with Gasteiger partial charge in [-0.25, -0.2) is 0 Å². The Morgan fingerprint density at radius 2 is 2.00 bits per heavy atom. The van der Waals surface area contributed by atoms with Gasteiger partial charge in [0.2, 0.25) is 0 Å². The van der Waals surface area contributed by atoms with Gasteiger partial charge in [-0.2, -0.15) is 0 Å². The number of anilines is 1. The molecular formula is C20H19ClN2O3. The summed E-state index contributed by atoms with van der Waals surface area (Å²) in [6.45, 7) is 3.71. The zero-order chi connectivity index (χ0) is 18.8. The smallest absolute Gasteiger partial charge is 0.258 e. The van der Waals surface area contributed by atoms with Crippen molar-refractivity contribution in [2.75, 3.05) is 5.32 Å². The Morgan fingerprint density at radius 3 is 2.69 bits per heavy atom. The molecule has 0 bridgehead atoms. The van der Waals surface area contributed by atoms with Crippen LogP contribution in [0.5, 0.6) is 0 Å². The van der Waals surface area contributed by atoms with Crippen LogP contribution in [-0.4, -0.2) is 21.7 Å². The molecule has 3 aromatic rings. The van der Waals surface area contributed by atoms with E-state index in [0.29, 0.717) is 27.0 Å². The van der Waals surface area contributed by atoms with Crippen molar-refractivity contribution in [2.45, 2.75) is 26.5 Å². The van der Waals surface area contributed by atoms with Crippen molar-refractivity contribution < 1.29 is 9.90 Å². The standard InChI is InChI=1S/C20H19ClN2O3/c1-12-6-7-14(10-17(12)21)19(25)22-18-5-3-4-16-15(18)8-9-23(20(16)26)11-13(2)24/h3-10,13,24H,11H2,1-2H3,(H,22,25). The van der Waals surface area contributed by atoms with Crippen LogP contribution in [0.4, 0.5) is 5.69 Å². The summed E-state index contributed by atoms with van der Waals surface area (Å²) in [6.07, 6.45) is 0.995. The minimum absolute atomic E-state index is 0.210. The molecule has 0 aliphatic carbocycles. The number of halogens is 1. The molecule has 1 aromatic heterocycles. The van der Waals surface area contributed by atoms with Crippen LogP contribution in [0.25, 0.3) is 10.8 Å². The lowest BCUT2D eigenvalue weighted by Crippen LogP contribution is -2.25. The molecule has 0 fully saturated rings. The summed E-state index contributed by atoms with van der Waals surface area (Å²) in [6, 6.07) is 12.0. The summed E-state index contributed by atoms with van der Waals surface area (Å²) < 4.78 is 1.46. The Labute approximate surface area is 155 Å². The van der Waals surface area contributed by atoms with Crippen LogP contribution in [-0.2, 0) is 6.54 Å². The van der Waals surface area contributed by atoms with Gasteiger partial charge < -0.3 is 15.0 Å². The molecule has 3 rings (SSSR count). The molecule has 1 atom stereocenters. The first-order valence-electron chi connectivity index (χ1n) is 8.24. The number of aliphatic hydroxyl groups excluding tert-OH is 1. The van der Waals surface area contributed by atoms with Crippen molar-refractivity contribution in [3.63, 3.8) is 0 Å². The molecule has 0 spiro atoms. The average molecular weight is 371 g/mol. The lowest BCUT2D eigenvalue weighted by atomic mass is 10.1. The van der Waals surface area contributed by atoms with Gasteiger partial charge in [-0.3, -0.25) is 9.59 Å². The van der Waals surface area contributed by atoms with Crippen molar-refractivity contribution in [1.29, 1.82) is 0 Å². The number of aromatic nitrogens is 1. The van der Waals surface area contributed by atoms with E-state index < -0.39 is 6.10 Å². The summed E-state index contributed by atoms with van der Waals surface area (Å²) in [4.78, 5) is 25.1. The highest BCUT2D eigenvalue weighted by atomic mass is 35.5. The number of benzene rings is 2. The van der Waals surface area contributed by atoms with Crippen LogP contribution < -0.4 is 10.9 Å². The number of aliphatic hydroxyl groups is 1. The molecule has 26 heavy (non-hydrogen) atoms. The Morgan fingerprint density at radius 1 is 1.23 bits per heavy atom. The fraction of sp³-hybridized carbons (Fsp3) is 0.200. The van der Waals surface area contributed by atoms with E-state index in [1.54, 1.807) is 55.6 Å². The number of rotatable bonds is 4. The van der Waals surface area contributed by atoms with E-state index in [1.807, 2.05) is 6.92 Å². The maximum atomic E-state index is 12.6. The third-order valence-corrected chi connectivity index (χ3v) is 4.57. The molecule has 1 heterocycles. The second kappa shape index (κ2) is 7.32. The molecule has 0 aliphatic heterocycles. The number of nitrogens with one attached hydrogen (secondary N) is 1. The van der Waals surface area contributed by atoms with Crippen LogP contribution in [0.15, 0.2) is 53.5 Å². The normalized spacial score (nSPS) is 12.2. The van der Waals surface area contributed by atoms with Crippen LogP contribution in [0.3, 0.4) is 0 Å². The Hall–Kier alpha value is -2.63. The van der Waals surface area contributed by atoms with E-state index in [4.69, 9.17) is 11.6 Å². The predicted octanol–water partition coefficient (Wildman–Crippen LogP) is 3.60. The minimum atomic E-state index is -0.626. The number of fused-ring (bicyclic) bond motifs is 1. The molecule has 0 radical (unpaired) electrons. The highest BCUT2D eigenvalue weighted by molar-refractivity contribution is 6.31. The van der Waals surface area contributed by atoms with Gasteiger partial charge >= 0.3 is 0 Å². The van der Waals surface area contributed by atoms with Gasteiger partial charge in [0.25, 0.3) is 11.5 Å². The molecule has 0 aliphatic rings. The van der Waals surface area contributed by atoms with Gasteiger partial charge in [0.15, 0.2) is 0 Å². The van der Waals surface area contributed by atoms with Crippen LogP contribution in [0, 0.1) is 6.92 Å². The summed E-state index contributed by atoms with van der Waals surface area (Å²) in [5.74, 6) is -0.299. The summed E-state index contributed by atoms with van der Waals surface area (Å²) >= 11 is 6.09. The van der Waals surface area contributed by atoms with E-state index in [-0.39, 0.29) is 18.0 Å². The van der Waals surface area contributed by atoms with Gasteiger partial charge in [-0.05, 0) is 49.7 Å². The number of amides is 1. The van der Waals surface area contributed by atoms with Crippen LogP contribution >= 0.6 is 11.6 Å². The van der Waals surface area contributed by atoms with E-state index in [2.05, 4.69) is 5.32 Å². The average Bonchev–Trinajstić information content (AvgIpc) is 2.60. The Balaban J connectivity index is 1.97. The highest BCUT2D eigenvalue weighted by Gasteiger charge is 2.12. The van der Waals surface area contributed by atoms with Crippen LogP contribution in [0.1, 0.15) is 22.8 Å². The number of hydrogen-bond donors (Lipinski definition) is 2. The van der Waals surface area contributed by atoms with E-state index >= 15 is 0 Å².